The molecule has 0 radical (unpaired) electrons. The van der Waals surface area contributed by atoms with Gasteiger partial charge in [0.1, 0.15) is 0 Å². The average molecular weight is 198 g/mol. The summed E-state index contributed by atoms with van der Waals surface area (Å²) in [4.78, 5) is 2.60. The fraction of sp³-hybridized carbons (Fsp3) is 1.00. The standard InChI is InChI=1S/C11H22N2O/c1-11(12-2)4-6-13(7-5-11)10-3-8-14-9-10/h10,12H,3-9H2,1-2H3. The van der Waals surface area contributed by atoms with Gasteiger partial charge in [0.25, 0.3) is 0 Å². The van der Waals surface area contributed by atoms with Crippen LogP contribution in [0.1, 0.15) is 26.2 Å². The molecule has 0 amide bonds. The number of hydrogen-bond donors (Lipinski definition) is 1. The van der Waals surface area contributed by atoms with E-state index in [1.165, 1.54) is 32.4 Å². The third kappa shape index (κ3) is 2.10. The minimum absolute atomic E-state index is 0.371. The van der Waals surface area contributed by atoms with Gasteiger partial charge in [0, 0.05) is 31.3 Å². The van der Waals surface area contributed by atoms with E-state index in [-0.39, 0.29) is 0 Å². The van der Waals surface area contributed by atoms with E-state index in [0.29, 0.717) is 11.6 Å². The van der Waals surface area contributed by atoms with Gasteiger partial charge in [-0.15, -0.1) is 0 Å². The van der Waals surface area contributed by atoms with Crippen LogP contribution in [0.5, 0.6) is 0 Å². The molecule has 2 saturated heterocycles. The summed E-state index contributed by atoms with van der Waals surface area (Å²) in [5, 5.41) is 3.43. The van der Waals surface area contributed by atoms with Crippen molar-refractivity contribution in [1.82, 2.24) is 10.2 Å². The number of ether oxygens (including phenoxy) is 1. The van der Waals surface area contributed by atoms with Gasteiger partial charge in [-0.05, 0) is 33.2 Å². The average Bonchev–Trinajstić information content (AvgIpc) is 2.72. The van der Waals surface area contributed by atoms with Crippen LogP contribution in [-0.4, -0.2) is 49.8 Å². The molecule has 82 valence electrons. The van der Waals surface area contributed by atoms with Crippen LogP contribution in [-0.2, 0) is 4.74 Å². The summed E-state index contributed by atoms with van der Waals surface area (Å²) in [6.45, 7) is 6.70. The van der Waals surface area contributed by atoms with Crippen LogP contribution >= 0.6 is 0 Å². The fourth-order valence-electron chi connectivity index (χ4n) is 2.44. The molecule has 3 heteroatoms. The topological polar surface area (TPSA) is 24.5 Å². The summed E-state index contributed by atoms with van der Waals surface area (Å²) < 4.78 is 5.43. The minimum Gasteiger partial charge on any atom is -0.380 e. The summed E-state index contributed by atoms with van der Waals surface area (Å²) in [6, 6.07) is 0.705. The van der Waals surface area contributed by atoms with E-state index in [0.717, 1.165) is 13.2 Å². The molecule has 2 heterocycles. The molecule has 0 spiro atoms. The molecule has 0 saturated carbocycles. The fourth-order valence-corrected chi connectivity index (χ4v) is 2.44. The van der Waals surface area contributed by atoms with Crippen molar-refractivity contribution in [2.75, 3.05) is 33.4 Å². The van der Waals surface area contributed by atoms with Gasteiger partial charge in [-0.3, -0.25) is 4.90 Å². The third-order valence-electron chi connectivity index (χ3n) is 3.93. The highest BCUT2D eigenvalue weighted by atomic mass is 16.5. The van der Waals surface area contributed by atoms with Crippen LogP contribution in [0.3, 0.4) is 0 Å². The Hall–Kier alpha value is -0.120. The zero-order chi connectivity index (χ0) is 10.0. The van der Waals surface area contributed by atoms with Crippen molar-refractivity contribution < 1.29 is 4.74 Å². The maximum Gasteiger partial charge on any atom is 0.0622 e. The Labute approximate surface area is 86.8 Å². The molecular weight excluding hydrogens is 176 g/mol. The number of likely N-dealkylation sites (tertiary alicyclic amines) is 1. The number of hydrogen-bond acceptors (Lipinski definition) is 3. The molecule has 3 nitrogen and oxygen atoms in total. The lowest BCUT2D eigenvalue weighted by Gasteiger charge is -2.41. The molecule has 0 aliphatic carbocycles. The van der Waals surface area contributed by atoms with Crippen LogP contribution in [0.2, 0.25) is 0 Å². The zero-order valence-electron chi connectivity index (χ0n) is 9.38. The molecule has 0 bridgehead atoms. The first-order valence-corrected chi connectivity index (χ1v) is 5.74. The predicted octanol–water partition coefficient (Wildman–Crippen LogP) is 0.849. The second-order valence-electron chi connectivity index (χ2n) is 4.86. The highest BCUT2D eigenvalue weighted by molar-refractivity contribution is 4.90. The van der Waals surface area contributed by atoms with E-state index in [2.05, 4.69) is 24.2 Å². The Balaban J connectivity index is 1.83. The van der Waals surface area contributed by atoms with E-state index in [1.807, 2.05) is 0 Å². The Morgan fingerprint density at radius 1 is 1.36 bits per heavy atom. The summed E-state index contributed by atoms with van der Waals surface area (Å²) in [5.74, 6) is 0. The second-order valence-corrected chi connectivity index (χ2v) is 4.86. The molecule has 2 rings (SSSR count). The Bertz CT molecular complexity index is 182. The molecule has 2 fully saturated rings. The summed E-state index contributed by atoms with van der Waals surface area (Å²) in [6.07, 6.45) is 3.76. The lowest BCUT2D eigenvalue weighted by atomic mass is 9.89. The highest BCUT2D eigenvalue weighted by Crippen LogP contribution is 2.24. The molecule has 2 aliphatic heterocycles. The van der Waals surface area contributed by atoms with Crippen LogP contribution in [0.15, 0.2) is 0 Å². The van der Waals surface area contributed by atoms with Crippen LogP contribution in [0.4, 0.5) is 0 Å². The molecular formula is C11H22N2O. The first-order valence-electron chi connectivity index (χ1n) is 5.74. The van der Waals surface area contributed by atoms with E-state index in [4.69, 9.17) is 4.74 Å². The van der Waals surface area contributed by atoms with Crippen molar-refractivity contribution in [3.8, 4) is 0 Å². The number of rotatable bonds is 2. The van der Waals surface area contributed by atoms with Crippen LogP contribution < -0.4 is 5.32 Å². The monoisotopic (exact) mass is 198 g/mol. The summed E-state index contributed by atoms with van der Waals surface area (Å²) in [5.41, 5.74) is 0.371. The van der Waals surface area contributed by atoms with Gasteiger partial charge >= 0.3 is 0 Å². The van der Waals surface area contributed by atoms with Crippen molar-refractivity contribution in [1.29, 1.82) is 0 Å². The lowest BCUT2D eigenvalue weighted by Crippen LogP contribution is -2.52. The van der Waals surface area contributed by atoms with Gasteiger partial charge in [0.05, 0.1) is 6.61 Å². The SMILES string of the molecule is CNC1(C)CCN(C2CCOC2)CC1. The zero-order valence-corrected chi connectivity index (χ0v) is 9.38. The van der Waals surface area contributed by atoms with Crippen molar-refractivity contribution >= 4 is 0 Å². The second kappa shape index (κ2) is 4.17. The Kier molecular flexibility index (Phi) is 3.10. The van der Waals surface area contributed by atoms with Gasteiger partial charge in [0.15, 0.2) is 0 Å². The van der Waals surface area contributed by atoms with Crippen LogP contribution in [0.25, 0.3) is 0 Å². The normalized spacial score (nSPS) is 33.4. The smallest absolute Gasteiger partial charge is 0.0622 e. The molecule has 1 atom stereocenters. The quantitative estimate of drug-likeness (QED) is 0.712. The van der Waals surface area contributed by atoms with Crippen molar-refractivity contribution in [3.63, 3.8) is 0 Å². The molecule has 0 aromatic heterocycles. The van der Waals surface area contributed by atoms with E-state index in [9.17, 15) is 0 Å². The van der Waals surface area contributed by atoms with Gasteiger partial charge in [0.2, 0.25) is 0 Å². The molecule has 14 heavy (non-hydrogen) atoms. The first kappa shape index (κ1) is 10.4. The maximum absolute atomic E-state index is 5.43. The maximum atomic E-state index is 5.43. The Morgan fingerprint density at radius 2 is 2.07 bits per heavy atom. The summed E-state index contributed by atoms with van der Waals surface area (Å²) >= 11 is 0. The van der Waals surface area contributed by atoms with E-state index in [1.54, 1.807) is 0 Å². The van der Waals surface area contributed by atoms with Crippen molar-refractivity contribution in [3.05, 3.63) is 0 Å². The summed E-state index contributed by atoms with van der Waals surface area (Å²) in [7, 11) is 2.08. The number of piperidine rings is 1. The molecule has 1 unspecified atom stereocenters. The molecule has 0 aromatic rings. The molecule has 0 aromatic carbocycles. The van der Waals surface area contributed by atoms with Gasteiger partial charge < -0.3 is 10.1 Å². The van der Waals surface area contributed by atoms with E-state index >= 15 is 0 Å². The Morgan fingerprint density at radius 3 is 2.57 bits per heavy atom. The van der Waals surface area contributed by atoms with Crippen molar-refractivity contribution in [2.45, 2.75) is 37.8 Å². The van der Waals surface area contributed by atoms with Crippen LogP contribution in [0, 0.1) is 0 Å². The molecule has 1 N–H and O–H groups in total. The molecule has 2 aliphatic rings. The van der Waals surface area contributed by atoms with Crippen molar-refractivity contribution in [2.24, 2.45) is 0 Å². The van der Waals surface area contributed by atoms with Gasteiger partial charge in [-0.2, -0.15) is 0 Å². The lowest BCUT2D eigenvalue weighted by molar-refractivity contribution is 0.0950. The predicted molar refractivity (Wildman–Crippen MR) is 57.5 cm³/mol. The minimum atomic E-state index is 0.371. The highest BCUT2D eigenvalue weighted by Gasteiger charge is 2.32. The van der Waals surface area contributed by atoms with Gasteiger partial charge in [-0.1, -0.05) is 0 Å². The van der Waals surface area contributed by atoms with Gasteiger partial charge in [-0.25, -0.2) is 0 Å². The number of nitrogens with one attached hydrogen (secondary N) is 1. The first-order chi connectivity index (χ1) is 6.73. The number of nitrogens with zero attached hydrogens (tertiary/aromatic N) is 1. The largest absolute Gasteiger partial charge is 0.380 e. The third-order valence-corrected chi connectivity index (χ3v) is 3.93. The van der Waals surface area contributed by atoms with E-state index < -0.39 is 0 Å².